The largest absolute Gasteiger partial charge is 0.236 e. The Morgan fingerprint density at radius 3 is 2.70 bits per heavy atom. The van der Waals surface area contributed by atoms with Gasteiger partial charge in [0.1, 0.15) is 5.01 Å². The van der Waals surface area contributed by atoms with Crippen LogP contribution >= 0.6 is 27.3 Å². The van der Waals surface area contributed by atoms with Gasteiger partial charge in [0.15, 0.2) is 0 Å². The molecule has 0 saturated carbocycles. The summed E-state index contributed by atoms with van der Waals surface area (Å²) >= 11 is 5.27. The summed E-state index contributed by atoms with van der Waals surface area (Å²) in [6.45, 7) is 0. The first kappa shape index (κ1) is 12.1. The molecule has 1 nitrogen and oxygen atoms in total. The second-order valence-electron chi connectivity index (χ2n) is 4.66. The highest BCUT2D eigenvalue weighted by Crippen LogP contribution is 2.35. The third kappa shape index (κ3) is 1.94. The normalized spacial score (nSPS) is 11.2. The fourth-order valence-electron chi connectivity index (χ4n) is 2.43. The van der Waals surface area contributed by atoms with Crippen LogP contribution in [0.3, 0.4) is 0 Å². The van der Waals surface area contributed by atoms with Crippen LogP contribution in [0.4, 0.5) is 0 Å². The summed E-state index contributed by atoms with van der Waals surface area (Å²) in [5.41, 5.74) is 2.28. The number of halogens is 1. The molecule has 1 heterocycles. The molecular weight excluding hydrogens is 330 g/mol. The molecule has 96 valence electrons. The molecule has 0 saturated heterocycles. The number of nitrogens with zero attached hydrogens (tertiary/aromatic N) is 1. The van der Waals surface area contributed by atoms with Crippen LogP contribution < -0.4 is 0 Å². The molecule has 0 spiro atoms. The molecule has 0 amide bonds. The van der Waals surface area contributed by atoms with Crippen LogP contribution in [-0.2, 0) is 0 Å². The van der Waals surface area contributed by atoms with Gasteiger partial charge in [-0.3, -0.25) is 0 Å². The first-order chi connectivity index (χ1) is 9.81. The highest BCUT2D eigenvalue weighted by atomic mass is 79.9. The van der Waals surface area contributed by atoms with E-state index in [2.05, 4.69) is 70.5 Å². The molecule has 0 atom stereocenters. The predicted molar refractivity (Wildman–Crippen MR) is 90.3 cm³/mol. The van der Waals surface area contributed by atoms with Crippen LogP contribution in [0.2, 0.25) is 0 Å². The van der Waals surface area contributed by atoms with Gasteiger partial charge < -0.3 is 0 Å². The lowest BCUT2D eigenvalue weighted by atomic mass is 10.1. The van der Waals surface area contributed by atoms with Crippen molar-refractivity contribution < 1.29 is 0 Å². The van der Waals surface area contributed by atoms with Crippen molar-refractivity contribution in [3.8, 4) is 10.6 Å². The maximum atomic E-state index is 4.76. The van der Waals surface area contributed by atoms with Crippen LogP contribution in [0.5, 0.6) is 0 Å². The number of fused-ring (bicyclic) bond motifs is 2. The summed E-state index contributed by atoms with van der Waals surface area (Å²) in [4.78, 5) is 4.76. The first-order valence-electron chi connectivity index (χ1n) is 6.35. The summed E-state index contributed by atoms with van der Waals surface area (Å²) in [7, 11) is 0. The van der Waals surface area contributed by atoms with Crippen molar-refractivity contribution >= 4 is 48.3 Å². The van der Waals surface area contributed by atoms with E-state index in [9.17, 15) is 0 Å². The lowest BCUT2D eigenvalue weighted by molar-refractivity contribution is 1.49. The van der Waals surface area contributed by atoms with E-state index in [1.165, 1.54) is 21.0 Å². The monoisotopic (exact) mass is 339 g/mol. The molecule has 4 rings (SSSR count). The Balaban J connectivity index is 2.01. The van der Waals surface area contributed by atoms with Crippen molar-refractivity contribution in [2.45, 2.75) is 0 Å². The summed E-state index contributed by atoms with van der Waals surface area (Å²) in [6, 6.07) is 21.0. The zero-order valence-electron chi connectivity index (χ0n) is 10.5. The number of thiazole rings is 1. The van der Waals surface area contributed by atoms with E-state index in [4.69, 9.17) is 4.98 Å². The van der Waals surface area contributed by atoms with E-state index < -0.39 is 0 Å². The predicted octanol–water partition coefficient (Wildman–Crippen LogP) is 5.88. The van der Waals surface area contributed by atoms with Crippen molar-refractivity contribution in [1.29, 1.82) is 0 Å². The number of hydrogen-bond donors (Lipinski definition) is 0. The van der Waals surface area contributed by atoms with Gasteiger partial charge in [-0.05, 0) is 35.0 Å². The standard InChI is InChI=1S/C17H10BrNS/c18-12-8-9-13-11(10-12)4-3-5-14(13)17-19-15-6-1-2-7-16(15)20-17/h1-10H. The van der Waals surface area contributed by atoms with Crippen molar-refractivity contribution in [1.82, 2.24) is 4.98 Å². The van der Waals surface area contributed by atoms with Gasteiger partial charge in [0.25, 0.3) is 0 Å². The Kier molecular flexibility index (Phi) is 2.83. The van der Waals surface area contributed by atoms with E-state index in [-0.39, 0.29) is 0 Å². The van der Waals surface area contributed by atoms with E-state index in [0.29, 0.717) is 0 Å². The minimum atomic E-state index is 1.07. The minimum absolute atomic E-state index is 1.07. The Bertz CT molecular complexity index is 893. The molecule has 3 aromatic carbocycles. The van der Waals surface area contributed by atoms with Gasteiger partial charge in [-0.1, -0.05) is 52.3 Å². The molecule has 0 aliphatic carbocycles. The van der Waals surface area contributed by atoms with Gasteiger partial charge in [0, 0.05) is 10.0 Å². The van der Waals surface area contributed by atoms with E-state index >= 15 is 0 Å². The fraction of sp³-hybridized carbons (Fsp3) is 0. The fourth-order valence-corrected chi connectivity index (χ4v) is 3.81. The van der Waals surface area contributed by atoms with Crippen LogP contribution in [0.25, 0.3) is 31.6 Å². The topological polar surface area (TPSA) is 12.9 Å². The minimum Gasteiger partial charge on any atom is -0.236 e. The zero-order valence-corrected chi connectivity index (χ0v) is 12.9. The molecule has 0 fully saturated rings. The number of benzene rings is 3. The molecule has 0 aliphatic rings. The summed E-state index contributed by atoms with van der Waals surface area (Å²) in [6.07, 6.45) is 0. The van der Waals surface area contributed by atoms with Crippen LogP contribution in [0, 0.1) is 0 Å². The van der Waals surface area contributed by atoms with Gasteiger partial charge >= 0.3 is 0 Å². The summed E-state index contributed by atoms with van der Waals surface area (Å²) in [5.74, 6) is 0. The highest BCUT2D eigenvalue weighted by Gasteiger charge is 2.09. The van der Waals surface area contributed by atoms with Crippen molar-refractivity contribution in [3.05, 3.63) is 65.1 Å². The smallest absolute Gasteiger partial charge is 0.125 e. The number of para-hydroxylation sites is 1. The third-order valence-corrected chi connectivity index (χ3v) is 4.93. The lowest BCUT2D eigenvalue weighted by Gasteiger charge is -2.04. The number of hydrogen-bond acceptors (Lipinski definition) is 2. The molecule has 0 N–H and O–H groups in total. The Morgan fingerprint density at radius 2 is 1.80 bits per heavy atom. The number of rotatable bonds is 1. The van der Waals surface area contributed by atoms with Crippen molar-refractivity contribution in [2.75, 3.05) is 0 Å². The first-order valence-corrected chi connectivity index (χ1v) is 7.96. The van der Waals surface area contributed by atoms with Gasteiger partial charge in [-0.15, -0.1) is 11.3 Å². The van der Waals surface area contributed by atoms with Crippen LogP contribution in [-0.4, -0.2) is 4.98 Å². The van der Waals surface area contributed by atoms with Gasteiger partial charge in [0.05, 0.1) is 10.2 Å². The average Bonchev–Trinajstić information content (AvgIpc) is 2.90. The molecule has 0 unspecified atom stereocenters. The Morgan fingerprint density at radius 1 is 0.900 bits per heavy atom. The maximum Gasteiger partial charge on any atom is 0.125 e. The average molecular weight is 340 g/mol. The zero-order chi connectivity index (χ0) is 13.5. The van der Waals surface area contributed by atoms with E-state index in [1.54, 1.807) is 11.3 Å². The molecule has 20 heavy (non-hydrogen) atoms. The molecule has 0 aliphatic heterocycles. The molecule has 3 heteroatoms. The van der Waals surface area contributed by atoms with Crippen molar-refractivity contribution in [3.63, 3.8) is 0 Å². The second-order valence-corrected chi connectivity index (χ2v) is 6.60. The van der Waals surface area contributed by atoms with E-state index in [0.717, 1.165) is 15.0 Å². The molecule has 1 aromatic heterocycles. The highest BCUT2D eigenvalue weighted by molar-refractivity contribution is 9.10. The Labute approximate surface area is 129 Å². The second kappa shape index (κ2) is 4.69. The van der Waals surface area contributed by atoms with Crippen LogP contribution in [0.15, 0.2) is 65.1 Å². The quantitative estimate of drug-likeness (QED) is 0.422. The molecule has 0 radical (unpaired) electrons. The Hall–Kier alpha value is -1.71. The number of aromatic nitrogens is 1. The van der Waals surface area contributed by atoms with Crippen molar-refractivity contribution in [2.24, 2.45) is 0 Å². The van der Waals surface area contributed by atoms with Gasteiger partial charge in [0.2, 0.25) is 0 Å². The SMILES string of the molecule is Brc1ccc2c(-c3nc4ccccc4s3)cccc2c1. The van der Waals surface area contributed by atoms with Gasteiger partial charge in [-0.2, -0.15) is 0 Å². The van der Waals surface area contributed by atoms with Gasteiger partial charge in [-0.25, -0.2) is 4.98 Å². The van der Waals surface area contributed by atoms with E-state index in [1.807, 2.05) is 6.07 Å². The molecule has 4 aromatic rings. The van der Waals surface area contributed by atoms with Crippen LogP contribution in [0.1, 0.15) is 0 Å². The maximum absolute atomic E-state index is 4.76. The summed E-state index contributed by atoms with van der Waals surface area (Å²) in [5, 5.41) is 3.56. The summed E-state index contributed by atoms with van der Waals surface area (Å²) < 4.78 is 2.34. The third-order valence-electron chi connectivity index (χ3n) is 3.37. The molecular formula is C17H10BrNS. The molecule has 0 bridgehead atoms. The lowest BCUT2D eigenvalue weighted by Crippen LogP contribution is -1.80.